The van der Waals surface area contributed by atoms with Crippen molar-refractivity contribution in [3.8, 4) is 5.75 Å². The highest BCUT2D eigenvalue weighted by Gasteiger charge is 2.56. The molecule has 1 aliphatic heterocycles. The lowest BCUT2D eigenvalue weighted by Gasteiger charge is -2.27. The molecule has 190 valence electrons. The van der Waals surface area contributed by atoms with E-state index in [-0.39, 0.29) is 29.8 Å². The van der Waals surface area contributed by atoms with Gasteiger partial charge in [0.1, 0.15) is 11.8 Å². The Balaban J connectivity index is 1.45. The van der Waals surface area contributed by atoms with Crippen LogP contribution < -0.4 is 21.1 Å². The molecule has 2 heterocycles. The van der Waals surface area contributed by atoms with Gasteiger partial charge in [0.2, 0.25) is 11.8 Å². The second kappa shape index (κ2) is 9.43. The number of alkyl halides is 3. The van der Waals surface area contributed by atoms with Crippen molar-refractivity contribution in [3.63, 3.8) is 0 Å². The van der Waals surface area contributed by atoms with E-state index in [1.54, 1.807) is 0 Å². The molecule has 4 rings (SSSR count). The van der Waals surface area contributed by atoms with Gasteiger partial charge >= 0.3 is 6.36 Å². The fourth-order valence-corrected chi connectivity index (χ4v) is 4.22. The summed E-state index contributed by atoms with van der Waals surface area (Å²) in [5.41, 5.74) is 4.52. The molecule has 1 saturated carbocycles. The molecule has 5 N–H and O–H groups in total. The average Bonchev–Trinajstić information content (AvgIpc) is 3.47. The number of amides is 3. The summed E-state index contributed by atoms with van der Waals surface area (Å²) in [5, 5.41) is 12.8. The first-order chi connectivity index (χ1) is 17.0. The lowest BCUT2D eigenvalue weighted by Crippen LogP contribution is -2.47. The average molecular weight is 508 g/mol. The van der Waals surface area contributed by atoms with E-state index in [0.29, 0.717) is 12.8 Å². The number of nitrogens with two attached hydrogens (primary N) is 1. The van der Waals surface area contributed by atoms with Crippen LogP contribution in [0.25, 0.3) is 0 Å². The predicted octanol–water partition coefficient (Wildman–Crippen LogP) is 2.01. The number of ether oxygens (including phenoxy) is 1. The van der Waals surface area contributed by atoms with Gasteiger partial charge < -0.3 is 26.0 Å². The molecular weight excluding hydrogens is 488 g/mol. The lowest BCUT2D eigenvalue weighted by atomic mass is 10.1. The number of aromatic nitrogens is 1. The molecule has 1 aromatic carbocycles. The predicted molar refractivity (Wildman–Crippen MR) is 118 cm³/mol. The number of piperidine rings is 1. The third-order valence-electron chi connectivity index (χ3n) is 5.91. The SMILES string of the molecule is N=C(C(N)=O)c1ccncc1NCC(=O)N1C(C(=O)Nc2cccc(OC(F)(F)F)c2F)CC2C[C@H]21. The van der Waals surface area contributed by atoms with Crippen molar-refractivity contribution in [2.45, 2.75) is 31.3 Å². The Morgan fingerprint density at radius 1 is 1.19 bits per heavy atom. The summed E-state index contributed by atoms with van der Waals surface area (Å²) in [6.07, 6.45) is -1.46. The highest BCUT2D eigenvalue weighted by atomic mass is 19.4. The summed E-state index contributed by atoms with van der Waals surface area (Å²) in [6, 6.07) is 3.17. The number of pyridine rings is 1. The van der Waals surface area contributed by atoms with Crippen LogP contribution in [0.4, 0.5) is 28.9 Å². The number of likely N-dealkylation sites (tertiary alicyclic amines) is 1. The van der Waals surface area contributed by atoms with Crippen LogP contribution in [-0.2, 0) is 14.4 Å². The Hall–Kier alpha value is -4.23. The first kappa shape index (κ1) is 24.9. The Bertz CT molecular complexity index is 1240. The summed E-state index contributed by atoms with van der Waals surface area (Å²) >= 11 is 0. The van der Waals surface area contributed by atoms with E-state index in [1.807, 2.05) is 0 Å². The monoisotopic (exact) mass is 508 g/mol. The third-order valence-corrected chi connectivity index (χ3v) is 5.91. The van der Waals surface area contributed by atoms with Crippen LogP contribution in [0.3, 0.4) is 0 Å². The van der Waals surface area contributed by atoms with Gasteiger partial charge in [-0.3, -0.25) is 24.8 Å². The number of rotatable bonds is 8. The van der Waals surface area contributed by atoms with E-state index in [9.17, 15) is 31.9 Å². The number of hydrogen-bond donors (Lipinski definition) is 4. The number of primary amides is 1. The normalized spacial score (nSPS) is 20.3. The number of carbonyl (C=O) groups is 3. The minimum Gasteiger partial charge on any atom is -0.403 e. The number of nitrogens with zero attached hydrogens (tertiary/aromatic N) is 2. The molecule has 2 unspecified atom stereocenters. The van der Waals surface area contributed by atoms with Crippen molar-refractivity contribution in [3.05, 3.63) is 48.0 Å². The first-order valence-corrected chi connectivity index (χ1v) is 10.7. The van der Waals surface area contributed by atoms with E-state index in [1.165, 1.54) is 23.4 Å². The standard InChI is InChI=1S/C22H20F4N6O4/c23-18-12(2-1-3-16(18)36-22(24,25)26)31-21(35)15-7-10-6-14(10)32(15)17(33)9-30-13-8-29-5-4-11(13)19(27)20(28)34/h1-5,8,10,14-15,27,30H,6-7,9H2,(H2,28,34)(H,31,35)/t10?,14-,15?/m1/s1. The van der Waals surface area contributed by atoms with Crippen LogP contribution in [0.5, 0.6) is 5.75 Å². The van der Waals surface area contributed by atoms with Crippen LogP contribution in [0.2, 0.25) is 0 Å². The Morgan fingerprint density at radius 3 is 2.64 bits per heavy atom. The molecule has 0 bridgehead atoms. The van der Waals surface area contributed by atoms with Gasteiger partial charge in [-0.2, -0.15) is 0 Å². The van der Waals surface area contributed by atoms with E-state index in [2.05, 4.69) is 20.4 Å². The van der Waals surface area contributed by atoms with Gasteiger partial charge in [0.25, 0.3) is 5.91 Å². The molecule has 2 aromatic rings. The third kappa shape index (κ3) is 5.21. The van der Waals surface area contributed by atoms with Gasteiger partial charge in [-0.1, -0.05) is 6.07 Å². The summed E-state index contributed by atoms with van der Waals surface area (Å²) in [5.74, 6) is -4.62. The maximum absolute atomic E-state index is 14.5. The topological polar surface area (TPSA) is 150 Å². The lowest BCUT2D eigenvalue weighted by molar-refractivity contribution is -0.275. The smallest absolute Gasteiger partial charge is 0.403 e. The van der Waals surface area contributed by atoms with Gasteiger partial charge in [0.05, 0.1) is 24.1 Å². The van der Waals surface area contributed by atoms with E-state index in [4.69, 9.17) is 11.1 Å². The molecule has 1 saturated heterocycles. The minimum absolute atomic E-state index is 0.0754. The number of nitrogens with one attached hydrogen (secondary N) is 3. The van der Waals surface area contributed by atoms with Crippen LogP contribution in [-0.4, -0.2) is 58.3 Å². The van der Waals surface area contributed by atoms with Gasteiger partial charge in [-0.25, -0.2) is 4.39 Å². The van der Waals surface area contributed by atoms with Gasteiger partial charge in [-0.15, -0.1) is 13.2 Å². The van der Waals surface area contributed by atoms with Gasteiger partial charge in [-0.05, 0) is 37.0 Å². The van der Waals surface area contributed by atoms with Crippen molar-refractivity contribution < 1.29 is 36.7 Å². The number of anilines is 2. The molecule has 14 heteroatoms. The molecule has 3 amide bonds. The number of hydrogen-bond acceptors (Lipinski definition) is 7. The van der Waals surface area contributed by atoms with Crippen molar-refractivity contribution in [1.82, 2.24) is 9.88 Å². The molecule has 1 aliphatic carbocycles. The Kier molecular flexibility index (Phi) is 6.52. The van der Waals surface area contributed by atoms with Crippen LogP contribution in [0.1, 0.15) is 18.4 Å². The van der Waals surface area contributed by atoms with Gasteiger partial charge in [0.15, 0.2) is 11.6 Å². The highest BCUT2D eigenvalue weighted by Crippen LogP contribution is 2.48. The second-order valence-electron chi connectivity index (χ2n) is 8.28. The summed E-state index contributed by atoms with van der Waals surface area (Å²) in [7, 11) is 0. The molecule has 36 heavy (non-hydrogen) atoms. The molecule has 2 aliphatic rings. The molecular formula is C22H20F4N6O4. The van der Waals surface area contributed by atoms with E-state index < -0.39 is 53.1 Å². The first-order valence-electron chi connectivity index (χ1n) is 10.7. The Morgan fingerprint density at radius 2 is 1.94 bits per heavy atom. The zero-order chi connectivity index (χ0) is 26.2. The Labute approximate surface area is 201 Å². The maximum atomic E-state index is 14.5. The van der Waals surface area contributed by atoms with Crippen molar-refractivity contribution in [1.29, 1.82) is 5.41 Å². The number of benzene rings is 1. The molecule has 0 spiro atoms. The van der Waals surface area contributed by atoms with Crippen molar-refractivity contribution in [2.75, 3.05) is 17.2 Å². The summed E-state index contributed by atoms with van der Waals surface area (Å²) in [4.78, 5) is 42.5. The number of carbonyl (C=O) groups excluding carboxylic acids is 3. The van der Waals surface area contributed by atoms with Crippen molar-refractivity contribution >= 4 is 34.8 Å². The van der Waals surface area contributed by atoms with Crippen LogP contribution in [0.15, 0.2) is 36.7 Å². The largest absolute Gasteiger partial charge is 0.573 e. The van der Waals surface area contributed by atoms with Crippen molar-refractivity contribution in [2.24, 2.45) is 11.7 Å². The minimum atomic E-state index is -5.11. The van der Waals surface area contributed by atoms with Crippen LogP contribution >= 0.6 is 0 Å². The molecule has 10 nitrogen and oxygen atoms in total. The molecule has 2 fully saturated rings. The zero-order valence-corrected chi connectivity index (χ0v) is 18.4. The maximum Gasteiger partial charge on any atom is 0.573 e. The number of halogens is 4. The fraction of sp³-hybridized carbons (Fsp3) is 0.318. The molecule has 3 atom stereocenters. The van der Waals surface area contributed by atoms with Gasteiger partial charge in [0, 0.05) is 17.8 Å². The molecule has 0 radical (unpaired) electrons. The fourth-order valence-electron chi connectivity index (χ4n) is 4.22. The quantitative estimate of drug-likeness (QED) is 0.317. The summed E-state index contributed by atoms with van der Waals surface area (Å²) < 4.78 is 55.6. The molecule has 1 aromatic heterocycles. The second-order valence-corrected chi connectivity index (χ2v) is 8.28. The summed E-state index contributed by atoms with van der Waals surface area (Å²) in [6.45, 7) is -0.305. The number of fused-ring (bicyclic) bond motifs is 1. The van der Waals surface area contributed by atoms with Crippen LogP contribution in [0, 0.1) is 17.1 Å². The zero-order valence-electron chi connectivity index (χ0n) is 18.4. The van der Waals surface area contributed by atoms with E-state index >= 15 is 0 Å². The highest BCUT2D eigenvalue weighted by molar-refractivity contribution is 6.44. The van der Waals surface area contributed by atoms with E-state index in [0.717, 1.165) is 18.2 Å².